The van der Waals surface area contributed by atoms with Crippen LogP contribution >= 0.6 is 0 Å². The van der Waals surface area contributed by atoms with E-state index in [0.717, 1.165) is 54.9 Å². The molecule has 5 rings (SSSR count). The summed E-state index contributed by atoms with van der Waals surface area (Å²) in [6, 6.07) is 27.5. The first-order chi connectivity index (χ1) is 20.1. The molecule has 0 spiro atoms. The van der Waals surface area contributed by atoms with Crippen LogP contribution in [-0.4, -0.2) is 36.1 Å². The predicted octanol–water partition coefficient (Wildman–Crippen LogP) is 8.39. The van der Waals surface area contributed by atoms with Crippen LogP contribution in [0.1, 0.15) is 75.8 Å². The zero-order chi connectivity index (χ0) is 28.4. The minimum atomic E-state index is 0.413. The van der Waals surface area contributed by atoms with Crippen molar-refractivity contribution in [2.24, 2.45) is 0 Å². The summed E-state index contributed by atoms with van der Waals surface area (Å²) in [7, 11) is 4.08. The van der Waals surface area contributed by atoms with Gasteiger partial charge in [-0.2, -0.15) is 4.98 Å². The molecule has 5 nitrogen and oxygen atoms in total. The van der Waals surface area contributed by atoms with E-state index < -0.39 is 0 Å². The molecule has 216 valence electrons. The quantitative estimate of drug-likeness (QED) is 0.164. The van der Waals surface area contributed by atoms with E-state index in [1.165, 1.54) is 60.8 Å². The second kappa shape index (κ2) is 14.5. The molecule has 0 bridgehead atoms. The number of rotatable bonds is 13. The number of aryl methyl sites for hydroxylation is 1. The Morgan fingerprint density at radius 2 is 1.34 bits per heavy atom. The van der Waals surface area contributed by atoms with Crippen molar-refractivity contribution in [2.75, 3.05) is 24.3 Å². The molecule has 0 atom stereocenters. The first kappa shape index (κ1) is 29.1. The molecule has 2 N–H and O–H groups in total. The van der Waals surface area contributed by atoms with Gasteiger partial charge in [0.05, 0.1) is 5.52 Å². The summed E-state index contributed by atoms with van der Waals surface area (Å²) in [6.45, 7) is 3.19. The molecule has 4 aromatic rings. The van der Waals surface area contributed by atoms with Crippen LogP contribution < -0.4 is 15.5 Å². The Morgan fingerprint density at radius 3 is 2.02 bits per heavy atom. The number of nitrogens with zero attached hydrogens (tertiary/aromatic N) is 3. The van der Waals surface area contributed by atoms with E-state index in [2.05, 4.69) is 83.1 Å². The zero-order valence-electron chi connectivity index (χ0n) is 25.2. The zero-order valence-corrected chi connectivity index (χ0v) is 25.2. The predicted molar refractivity (Wildman–Crippen MR) is 175 cm³/mol. The summed E-state index contributed by atoms with van der Waals surface area (Å²) >= 11 is 0. The summed E-state index contributed by atoms with van der Waals surface area (Å²) in [5, 5.41) is 8.52. The van der Waals surface area contributed by atoms with Crippen molar-refractivity contribution < 1.29 is 0 Å². The average Bonchev–Trinajstić information content (AvgIpc) is 3.01. The normalized spacial score (nSPS) is 17.0. The van der Waals surface area contributed by atoms with Crippen molar-refractivity contribution in [2.45, 2.75) is 89.8 Å². The maximum atomic E-state index is 4.83. The molecule has 1 aliphatic carbocycles. The first-order valence-corrected chi connectivity index (χ1v) is 15.7. The van der Waals surface area contributed by atoms with Gasteiger partial charge in [-0.05, 0) is 72.9 Å². The van der Waals surface area contributed by atoms with Gasteiger partial charge in [-0.15, -0.1) is 0 Å². The SMILES string of the molecule is CCCCCCCc1ccc(-c2ccc(CN[C@H]3CC[C@@H](Nc4nc(N(C)C)c5ccccc5n4)CC3)cc2)cc1. The lowest BCUT2D eigenvalue weighted by molar-refractivity contribution is 0.352. The van der Waals surface area contributed by atoms with Crippen LogP contribution in [0, 0.1) is 0 Å². The second-order valence-electron chi connectivity index (χ2n) is 11.9. The number of hydrogen-bond acceptors (Lipinski definition) is 5. The van der Waals surface area contributed by atoms with Gasteiger partial charge in [0.25, 0.3) is 0 Å². The lowest BCUT2D eigenvalue weighted by atomic mass is 9.91. The molecule has 0 radical (unpaired) electrons. The largest absolute Gasteiger partial charge is 0.362 e. The summed E-state index contributed by atoms with van der Waals surface area (Å²) < 4.78 is 0. The molecule has 1 aromatic heterocycles. The van der Waals surface area contributed by atoms with Gasteiger partial charge in [-0.25, -0.2) is 4.98 Å². The van der Waals surface area contributed by atoms with Gasteiger partial charge < -0.3 is 15.5 Å². The van der Waals surface area contributed by atoms with Crippen LogP contribution in [0.3, 0.4) is 0 Å². The van der Waals surface area contributed by atoms with E-state index in [9.17, 15) is 0 Å². The third kappa shape index (κ3) is 8.07. The van der Waals surface area contributed by atoms with E-state index >= 15 is 0 Å². The fraction of sp³-hybridized carbons (Fsp3) is 0.444. The van der Waals surface area contributed by atoms with Gasteiger partial charge in [0.15, 0.2) is 0 Å². The highest BCUT2D eigenvalue weighted by Gasteiger charge is 2.22. The van der Waals surface area contributed by atoms with Crippen molar-refractivity contribution in [1.29, 1.82) is 0 Å². The molecular weight excluding hydrogens is 502 g/mol. The van der Waals surface area contributed by atoms with E-state index in [-0.39, 0.29) is 0 Å². The lowest BCUT2D eigenvalue weighted by Gasteiger charge is -2.30. The van der Waals surface area contributed by atoms with Gasteiger partial charge in [0.1, 0.15) is 5.82 Å². The molecular formula is C36H47N5. The van der Waals surface area contributed by atoms with Crippen molar-refractivity contribution in [3.63, 3.8) is 0 Å². The number of benzene rings is 3. The number of aromatic nitrogens is 2. The molecule has 0 saturated heterocycles. The number of hydrogen-bond donors (Lipinski definition) is 2. The first-order valence-electron chi connectivity index (χ1n) is 15.7. The lowest BCUT2D eigenvalue weighted by Crippen LogP contribution is -2.37. The standard InChI is InChI=1S/C36H47N5/c1-4-5-6-7-8-11-27-14-18-29(19-15-27)30-20-16-28(17-21-30)26-37-31-22-24-32(25-23-31)38-36-39-34-13-10-9-12-33(34)35(40-36)41(2)3/h9-10,12-21,31-32,37H,4-8,11,22-26H2,1-3H3,(H,38,39,40)/t31-,32+. The molecule has 1 fully saturated rings. The van der Waals surface area contributed by atoms with Crippen molar-refractivity contribution in [1.82, 2.24) is 15.3 Å². The maximum Gasteiger partial charge on any atom is 0.225 e. The molecule has 0 amide bonds. The highest BCUT2D eigenvalue weighted by molar-refractivity contribution is 5.90. The molecule has 41 heavy (non-hydrogen) atoms. The molecule has 1 aliphatic rings. The van der Waals surface area contributed by atoms with Crippen LogP contribution in [0.2, 0.25) is 0 Å². The van der Waals surface area contributed by atoms with Crippen LogP contribution in [-0.2, 0) is 13.0 Å². The van der Waals surface area contributed by atoms with Gasteiger partial charge in [-0.3, -0.25) is 0 Å². The highest BCUT2D eigenvalue weighted by atomic mass is 15.2. The molecule has 1 heterocycles. The van der Waals surface area contributed by atoms with Crippen LogP contribution in [0.15, 0.2) is 72.8 Å². The summed E-state index contributed by atoms with van der Waals surface area (Å²) in [6.07, 6.45) is 12.5. The van der Waals surface area contributed by atoms with Gasteiger partial charge in [0, 0.05) is 38.1 Å². The number of anilines is 2. The van der Waals surface area contributed by atoms with Crippen molar-refractivity contribution in [3.8, 4) is 11.1 Å². The van der Waals surface area contributed by atoms with E-state index in [1.54, 1.807) is 0 Å². The topological polar surface area (TPSA) is 53.1 Å². The Labute approximate surface area is 246 Å². The number of unbranched alkanes of at least 4 members (excludes halogenated alkanes) is 4. The maximum absolute atomic E-state index is 4.83. The second-order valence-corrected chi connectivity index (χ2v) is 11.9. The van der Waals surface area contributed by atoms with E-state index in [1.807, 2.05) is 26.2 Å². The Balaban J connectivity index is 1.06. The average molecular weight is 550 g/mol. The summed E-state index contributed by atoms with van der Waals surface area (Å²) in [5.41, 5.74) is 6.39. The number of para-hydroxylation sites is 1. The number of fused-ring (bicyclic) bond motifs is 1. The fourth-order valence-corrected chi connectivity index (χ4v) is 5.96. The van der Waals surface area contributed by atoms with Crippen LogP contribution in [0.25, 0.3) is 22.0 Å². The molecule has 0 unspecified atom stereocenters. The van der Waals surface area contributed by atoms with Gasteiger partial charge >= 0.3 is 0 Å². The molecule has 5 heteroatoms. The highest BCUT2D eigenvalue weighted by Crippen LogP contribution is 2.27. The third-order valence-electron chi connectivity index (χ3n) is 8.47. The minimum Gasteiger partial charge on any atom is -0.362 e. The van der Waals surface area contributed by atoms with Gasteiger partial charge in [0.2, 0.25) is 5.95 Å². The monoisotopic (exact) mass is 549 g/mol. The Kier molecular flexibility index (Phi) is 10.2. The van der Waals surface area contributed by atoms with Crippen LogP contribution in [0.4, 0.5) is 11.8 Å². The fourth-order valence-electron chi connectivity index (χ4n) is 5.96. The number of nitrogens with one attached hydrogen (secondary N) is 2. The molecule has 0 aliphatic heterocycles. The minimum absolute atomic E-state index is 0.413. The Bertz CT molecular complexity index is 1360. The Hall–Kier alpha value is -3.44. The molecule has 3 aromatic carbocycles. The smallest absolute Gasteiger partial charge is 0.225 e. The molecule has 1 saturated carbocycles. The van der Waals surface area contributed by atoms with Crippen molar-refractivity contribution >= 4 is 22.7 Å². The van der Waals surface area contributed by atoms with Gasteiger partial charge in [-0.1, -0.05) is 93.3 Å². The van der Waals surface area contributed by atoms with Crippen LogP contribution in [0.5, 0.6) is 0 Å². The van der Waals surface area contributed by atoms with E-state index in [4.69, 9.17) is 9.97 Å². The Morgan fingerprint density at radius 1 is 0.707 bits per heavy atom. The third-order valence-corrected chi connectivity index (χ3v) is 8.47. The van der Waals surface area contributed by atoms with Crippen molar-refractivity contribution in [3.05, 3.63) is 83.9 Å². The summed E-state index contributed by atoms with van der Waals surface area (Å²) in [5.74, 6) is 1.70. The summed E-state index contributed by atoms with van der Waals surface area (Å²) in [4.78, 5) is 11.7. The van der Waals surface area contributed by atoms with E-state index in [0.29, 0.717) is 12.1 Å².